The van der Waals surface area contributed by atoms with Gasteiger partial charge in [0.15, 0.2) is 0 Å². The summed E-state index contributed by atoms with van der Waals surface area (Å²) in [5, 5.41) is 15.0. The molecule has 24 heavy (non-hydrogen) atoms. The van der Waals surface area contributed by atoms with Gasteiger partial charge < -0.3 is 10.0 Å². The summed E-state index contributed by atoms with van der Waals surface area (Å²) in [6, 6.07) is 10.5. The highest BCUT2D eigenvalue weighted by molar-refractivity contribution is 5.39. The fourth-order valence-corrected chi connectivity index (χ4v) is 4.37. The van der Waals surface area contributed by atoms with Crippen molar-refractivity contribution in [3.8, 4) is 5.69 Å². The third-order valence-corrected chi connectivity index (χ3v) is 5.60. The smallest absolute Gasteiger partial charge is 0.0803 e. The van der Waals surface area contributed by atoms with Crippen molar-refractivity contribution in [2.75, 3.05) is 13.6 Å². The first-order chi connectivity index (χ1) is 11.7. The molecule has 1 fully saturated rings. The number of fused-ring (bicyclic) bond motifs is 1. The molecule has 1 heterocycles. The summed E-state index contributed by atoms with van der Waals surface area (Å²) in [5.74, 6) is 0.430. The quantitative estimate of drug-likeness (QED) is 0.919. The molecule has 1 aromatic heterocycles. The van der Waals surface area contributed by atoms with Crippen molar-refractivity contribution in [1.82, 2.24) is 14.7 Å². The van der Waals surface area contributed by atoms with Crippen LogP contribution in [-0.2, 0) is 19.4 Å². The Labute approximate surface area is 144 Å². The second-order valence-electron chi connectivity index (χ2n) is 7.43. The monoisotopic (exact) mass is 325 g/mol. The molecular weight excluding hydrogens is 298 g/mol. The third kappa shape index (κ3) is 3.01. The van der Waals surface area contributed by atoms with Crippen molar-refractivity contribution in [1.29, 1.82) is 0 Å². The SMILES string of the molecule is CN(Cc1nn(-c2ccccc2)c2c1CCC2)CC1CCCC1O. The molecule has 0 saturated heterocycles. The summed E-state index contributed by atoms with van der Waals surface area (Å²) in [7, 11) is 2.16. The van der Waals surface area contributed by atoms with Crippen molar-refractivity contribution in [2.45, 2.75) is 51.2 Å². The van der Waals surface area contributed by atoms with Gasteiger partial charge in [0.2, 0.25) is 0 Å². The van der Waals surface area contributed by atoms with E-state index in [-0.39, 0.29) is 6.10 Å². The minimum atomic E-state index is -0.111. The largest absolute Gasteiger partial charge is 0.393 e. The second-order valence-corrected chi connectivity index (χ2v) is 7.43. The first-order valence-electron chi connectivity index (χ1n) is 9.24. The van der Waals surface area contributed by atoms with Gasteiger partial charge >= 0.3 is 0 Å². The van der Waals surface area contributed by atoms with Gasteiger partial charge in [0, 0.05) is 18.8 Å². The Balaban J connectivity index is 1.53. The highest BCUT2D eigenvalue weighted by Crippen LogP contribution is 2.30. The number of rotatable bonds is 5. The second kappa shape index (κ2) is 6.69. The lowest BCUT2D eigenvalue weighted by atomic mass is 10.1. The minimum Gasteiger partial charge on any atom is -0.393 e. The maximum Gasteiger partial charge on any atom is 0.0803 e. The van der Waals surface area contributed by atoms with Crippen LogP contribution in [0.25, 0.3) is 5.69 Å². The van der Waals surface area contributed by atoms with E-state index in [2.05, 4.69) is 47.0 Å². The van der Waals surface area contributed by atoms with Gasteiger partial charge in [-0.3, -0.25) is 0 Å². The highest BCUT2D eigenvalue weighted by atomic mass is 16.3. The van der Waals surface area contributed by atoms with E-state index in [0.29, 0.717) is 5.92 Å². The topological polar surface area (TPSA) is 41.3 Å². The molecule has 2 aliphatic carbocycles. The zero-order valence-corrected chi connectivity index (χ0v) is 14.5. The van der Waals surface area contributed by atoms with E-state index in [1.807, 2.05) is 0 Å². The van der Waals surface area contributed by atoms with Gasteiger partial charge in [0.1, 0.15) is 0 Å². The predicted octanol–water partition coefficient (Wildman–Crippen LogP) is 2.95. The van der Waals surface area contributed by atoms with E-state index >= 15 is 0 Å². The average Bonchev–Trinajstić information content (AvgIpc) is 3.28. The normalized spacial score (nSPS) is 23.1. The predicted molar refractivity (Wildman–Crippen MR) is 95.3 cm³/mol. The van der Waals surface area contributed by atoms with Crippen LogP contribution in [0.5, 0.6) is 0 Å². The highest BCUT2D eigenvalue weighted by Gasteiger charge is 2.28. The Morgan fingerprint density at radius 2 is 2.00 bits per heavy atom. The minimum absolute atomic E-state index is 0.111. The molecule has 2 aromatic rings. The zero-order valence-electron chi connectivity index (χ0n) is 14.5. The Bertz CT molecular complexity index is 694. The van der Waals surface area contributed by atoms with E-state index in [0.717, 1.165) is 50.9 Å². The molecule has 1 aromatic carbocycles. The summed E-state index contributed by atoms with van der Waals surface area (Å²) < 4.78 is 2.15. The van der Waals surface area contributed by atoms with Crippen LogP contribution in [0.2, 0.25) is 0 Å². The van der Waals surface area contributed by atoms with E-state index < -0.39 is 0 Å². The number of aromatic nitrogens is 2. The maximum atomic E-state index is 10.1. The lowest BCUT2D eigenvalue weighted by Crippen LogP contribution is -2.29. The van der Waals surface area contributed by atoms with Gasteiger partial charge in [0.25, 0.3) is 0 Å². The van der Waals surface area contributed by atoms with Crippen molar-refractivity contribution in [3.63, 3.8) is 0 Å². The number of hydrogen-bond donors (Lipinski definition) is 1. The van der Waals surface area contributed by atoms with Gasteiger partial charge in [-0.05, 0) is 62.8 Å². The van der Waals surface area contributed by atoms with Crippen molar-refractivity contribution < 1.29 is 5.11 Å². The third-order valence-electron chi connectivity index (χ3n) is 5.60. The van der Waals surface area contributed by atoms with E-state index in [1.54, 1.807) is 0 Å². The van der Waals surface area contributed by atoms with E-state index in [4.69, 9.17) is 5.10 Å². The zero-order chi connectivity index (χ0) is 16.5. The van der Waals surface area contributed by atoms with Crippen molar-refractivity contribution >= 4 is 0 Å². The van der Waals surface area contributed by atoms with Gasteiger partial charge in [-0.2, -0.15) is 5.10 Å². The van der Waals surface area contributed by atoms with E-state index in [1.165, 1.54) is 23.4 Å². The lowest BCUT2D eigenvalue weighted by molar-refractivity contribution is 0.107. The number of nitrogens with zero attached hydrogens (tertiary/aromatic N) is 3. The van der Waals surface area contributed by atoms with Gasteiger partial charge in [0.05, 0.1) is 17.5 Å². The van der Waals surface area contributed by atoms with Crippen LogP contribution in [0.3, 0.4) is 0 Å². The molecule has 0 aliphatic heterocycles. The molecule has 128 valence electrons. The molecule has 4 rings (SSSR count). The molecule has 4 nitrogen and oxygen atoms in total. The summed E-state index contributed by atoms with van der Waals surface area (Å²) in [6.45, 7) is 1.85. The van der Waals surface area contributed by atoms with Crippen LogP contribution in [0.1, 0.15) is 42.6 Å². The maximum absolute atomic E-state index is 10.1. The molecule has 4 heteroatoms. The first-order valence-corrected chi connectivity index (χ1v) is 9.24. The van der Waals surface area contributed by atoms with Crippen LogP contribution in [0.4, 0.5) is 0 Å². The Kier molecular flexibility index (Phi) is 4.42. The summed E-state index contributed by atoms with van der Waals surface area (Å²) in [5.41, 5.74) is 5.24. The fraction of sp³-hybridized carbons (Fsp3) is 0.550. The molecule has 0 amide bonds. The summed E-state index contributed by atoms with van der Waals surface area (Å²) >= 11 is 0. The molecule has 2 atom stereocenters. The van der Waals surface area contributed by atoms with Crippen molar-refractivity contribution in [2.24, 2.45) is 5.92 Å². The van der Waals surface area contributed by atoms with Crippen molar-refractivity contribution in [3.05, 3.63) is 47.3 Å². The number of benzene rings is 1. The van der Waals surface area contributed by atoms with Gasteiger partial charge in [-0.15, -0.1) is 0 Å². The number of hydrogen-bond acceptors (Lipinski definition) is 3. The van der Waals surface area contributed by atoms with Crippen LogP contribution in [-0.4, -0.2) is 39.5 Å². The fourth-order valence-electron chi connectivity index (χ4n) is 4.37. The van der Waals surface area contributed by atoms with Gasteiger partial charge in [-0.1, -0.05) is 24.6 Å². The van der Waals surface area contributed by atoms with Gasteiger partial charge in [-0.25, -0.2) is 4.68 Å². The molecule has 2 unspecified atom stereocenters. The standard InChI is InChI=1S/C20H27N3O/c1-22(13-15-7-5-12-20(15)24)14-18-17-10-6-11-19(17)23(21-18)16-8-3-2-4-9-16/h2-4,8-9,15,20,24H,5-7,10-14H2,1H3. The average molecular weight is 325 g/mol. The molecule has 0 radical (unpaired) electrons. The Morgan fingerprint density at radius 1 is 1.17 bits per heavy atom. The van der Waals surface area contributed by atoms with E-state index in [9.17, 15) is 5.11 Å². The van der Waals surface area contributed by atoms with Crippen LogP contribution < -0.4 is 0 Å². The Hall–Kier alpha value is -1.65. The van der Waals surface area contributed by atoms with Crippen LogP contribution >= 0.6 is 0 Å². The number of aliphatic hydroxyl groups is 1. The molecule has 2 aliphatic rings. The summed E-state index contributed by atoms with van der Waals surface area (Å²) in [6.07, 6.45) is 6.69. The Morgan fingerprint density at radius 3 is 2.75 bits per heavy atom. The van der Waals surface area contributed by atoms with Crippen LogP contribution in [0.15, 0.2) is 30.3 Å². The number of para-hydroxylation sites is 1. The molecule has 1 N–H and O–H groups in total. The molecule has 1 saturated carbocycles. The summed E-state index contributed by atoms with van der Waals surface area (Å²) in [4.78, 5) is 2.34. The molecule has 0 bridgehead atoms. The van der Waals surface area contributed by atoms with Crippen LogP contribution in [0, 0.1) is 5.92 Å². The number of aliphatic hydroxyl groups excluding tert-OH is 1. The lowest BCUT2D eigenvalue weighted by Gasteiger charge is -2.22. The molecular formula is C20H27N3O. The molecule has 0 spiro atoms. The first kappa shape index (κ1) is 15.9.